The SMILES string of the molecule is Cc1nc(-c2ccccc2C(=O)N(C)C)c(C)o1. The molecule has 0 saturated carbocycles. The van der Waals surface area contributed by atoms with Gasteiger partial charge in [-0.2, -0.15) is 0 Å². The molecular weight excluding hydrogens is 228 g/mol. The molecule has 0 aliphatic heterocycles. The molecule has 0 saturated heterocycles. The van der Waals surface area contributed by atoms with Crippen LogP contribution in [0.5, 0.6) is 0 Å². The molecule has 0 unspecified atom stereocenters. The average molecular weight is 244 g/mol. The van der Waals surface area contributed by atoms with Gasteiger partial charge in [-0.15, -0.1) is 0 Å². The van der Waals surface area contributed by atoms with E-state index in [4.69, 9.17) is 4.42 Å². The third kappa shape index (κ3) is 2.14. The van der Waals surface area contributed by atoms with Gasteiger partial charge in [0.05, 0.1) is 0 Å². The summed E-state index contributed by atoms with van der Waals surface area (Å²) >= 11 is 0. The molecule has 1 heterocycles. The maximum absolute atomic E-state index is 12.1. The Balaban J connectivity index is 2.58. The Morgan fingerprint density at radius 3 is 2.44 bits per heavy atom. The molecule has 1 aromatic heterocycles. The van der Waals surface area contributed by atoms with E-state index in [1.807, 2.05) is 25.1 Å². The summed E-state index contributed by atoms with van der Waals surface area (Å²) in [6.45, 7) is 3.65. The van der Waals surface area contributed by atoms with E-state index in [9.17, 15) is 4.79 Å². The first-order valence-electron chi connectivity index (χ1n) is 5.75. The van der Waals surface area contributed by atoms with Crippen LogP contribution in [0, 0.1) is 13.8 Å². The molecule has 2 aromatic rings. The molecule has 0 bridgehead atoms. The van der Waals surface area contributed by atoms with Gasteiger partial charge in [0.15, 0.2) is 5.89 Å². The van der Waals surface area contributed by atoms with Gasteiger partial charge in [0.25, 0.3) is 5.91 Å². The van der Waals surface area contributed by atoms with Crippen LogP contribution in [0.25, 0.3) is 11.3 Å². The monoisotopic (exact) mass is 244 g/mol. The van der Waals surface area contributed by atoms with Crippen molar-refractivity contribution >= 4 is 5.91 Å². The second kappa shape index (κ2) is 4.64. The first-order chi connectivity index (χ1) is 8.50. The summed E-state index contributed by atoms with van der Waals surface area (Å²) in [5.41, 5.74) is 2.18. The molecule has 0 aliphatic rings. The van der Waals surface area contributed by atoms with Gasteiger partial charge in [0.2, 0.25) is 0 Å². The smallest absolute Gasteiger partial charge is 0.254 e. The van der Waals surface area contributed by atoms with E-state index >= 15 is 0 Å². The molecule has 4 nitrogen and oxygen atoms in total. The summed E-state index contributed by atoms with van der Waals surface area (Å²) in [5, 5.41) is 0. The lowest BCUT2D eigenvalue weighted by atomic mass is 10.0. The zero-order valence-electron chi connectivity index (χ0n) is 11.0. The van der Waals surface area contributed by atoms with Crippen LogP contribution in [0.2, 0.25) is 0 Å². The predicted octanol–water partition coefficient (Wildman–Crippen LogP) is 2.66. The van der Waals surface area contributed by atoms with Gasteiger partial charge in [0.1, 0.15) is 11.5 Å². The van der Waals surface area contributed by atoms with E-state index < -0.39 is 0 Å². The number of carbonyl (C=O) groups excluding carboxylic acids is 1. The number of oxazole rings is 1. The molecule has 18 heavy (non-hydrogen) atoms. The van der Waals surface area contributed by atoms with Crippen LogP contribution < -0.4 is 0 Å². The lowest BCUT2D eigenvalue weighted by Crippen LogP contribution is -2.22. The zero-order chi connectivity index (χ0) is 13.3. The summed E-state index contributed by atoms with van der Waals surface area (Å²) in [7, 11) is 3.47. The van der Waals surface area contributed by atoms with E-state index in [1.165, 1.54) is 0 Å². The molecule has 1 amide bonds. The number of hydrogen-bond donors (Lipinski definition) is 0. The lowest BCUT2D eigenvalue weighted by Gasteiger charge is -2.13. The van der Waals surface area contributed by atoms with Gasteiger partial charge in [-0.05, 0) is 13.0 Å². The zero-order valence-corrected chi connectivity index (χ0v) is 11.0. The quantitative estimate of drug-likeness (QED) is 0.815. The van der Waals surface area contributed by atoms with Crippen molar-refractivity contribution in [1.82, 2.24) is 9.88 Å². The summed E-state index contributed by atoms with van der Waals surface area (Å²) in [4.78, 5) is 18.0. The van der Waals surface area contributed by atoms with E-state index in [2.05, 4.69) is 4.98 Å². The van der Waals surface area contributed by atoms with Crippen LogP contribution in [0.4, 0.5) is 0 Å². The fourth-order valence-electron chi connectivity index (χ4n) is 1.90. The lowest BCUT2D eigenvalue weighted by molar-refractivity contribution is 0.0828. The normalized spacial score (nSPS) is 10.4. The topological polar surface area (TPSA) is 46.3 Å². The second-order valence-electron chi connectivity index (χ2n) is 4.38. The Hall–Kier alpha value is -2.10. The van der Waals surface area contributed by atoms with Crippen LogP contribution in [-0.2, 0) is 0 Å². The molecule has 0 fully saturated rings. The van der Waals surface area contributed by atoms with Crippen LogP contribution in [-0.4, -0.2) is 29.9 Å². The minimum atomic E-state index is -0.0364. The number of amides is 1. The number of aryl methyl sites for hydroxylation is 2. The van der Waals surface area contributed by atoms with Crippen LogP contribution in [0.15, 0.2) is 28.7 Å². The number of rotatable bonds is 2. The molecule has 1 aromatic carbocycles. The molecule has 2 rings (SSSR count). The molecule has 94 valence electrons. The fraction of sp³-hybridized carbons (Fsp3) is 0.286. The summed E-state index contributed by atoms with van der Waals surface area (Å²) in [6.07, 6.45) is 0. The van der Waals surface area contributed by atoms with Crippen molar-refractivity contribution < 1.29 is 9.21 Å². The maximum atomic E-state index is 12.1. The van der Waals surface area contributed by atoms with Gasteiger partial charge in [-0.25, -0.2) is 4.98 Å². The van der Waals surface area contributed by atoms with Gasteiger partial charge in [0, 0.05) is 32.1 Å². The van der Waals surface area contributed by atoms with Crippen molar-refractivity contribution in [3.8, 4) is 11.3 Å². The van der Waals surface area contributed by atoms with Crippen LogP contribution in [0.1, 0.15) is 22.0 Å². The first kappa shape index (κ1) is 12.4. The summed E-state index contributed by atoms with van der Waals surface area (Å²) in [6, 6.07) is 7.44. The summed E-state index contributed by atoms with van der Waals surface area (Å²) < 4.78 is 5.43. The minimum Gasteiger partial charge on any atom is -0.446 e. The van der Waals surface area contributed by atoms with E-state index in [0.717, 1.165) is 17.0 Å². The fourth-order valence-corrected chi connectivity index (χ4v) is 1.90. The minimum absolute atomic E-state index is 0.0364. The van der Waals surface area contributed by atoms with Gasteiger partial charge >= 0.3 is 0 Å². The average Bonchev–Trinajstić information content (AvgIpc) is 2.67. The van der Waals surface area contributed by atoms with Crippen LogP contribution in [0.3, 0.4) is 0 Å². The van der Waals surface area contributed by atoms with Gasteiger partial charge in [-0.3, -0.25) is 4.79 Å². The number of hydrogen-bond acceptors (Lipinski definition) is 3. The van der Waals surface area contributed by atoms with Crippen molar-refractivity contribution in [2.75, 3.05) is 14.1 Å². The molecule has 0 atom stereocenters. The highest BCUT2D eigenvalue weighted by molar-refractivity contribution is 6.00. The Labute approximate surface area is 106 Å². The molecular formula is C14H16N2O2. The van der Waals surface area contributed by atoms with Crippen LogP contribution >= 0.6 is 0 Å². The molecule has 0 N–H and O–H groups in total. The number of nitrogens with zero attached hydrogens (tertiary/aromatic N) is 2. The standard InChI is InChI=1S/C14H16N2O2/c1-9-13(15-10(2)18-9)11-7-5-6-8-12(11)14(17)16(3)4/h5-8H,1-4H3. The summed E-state index contributed by atoms with van der Waals surface area (Å²) in [5.74, 6) is 1.30. The number of aromatic nitrogens is 1. The highest BCUT2D eigenvalue weighted by atomic mass is 16.4. The van der Waals surface area contributed by atoms with Crippen molar-refractivity contribution in [3.05, 3.63) is 41.5 Å². The number of carbonyl (C=O) groups is 1. The number of benzene rings is 1. The molecule has 0 aliphatic carbocycles. The Morgan fingerprint density at radius 2 is 1.89 bits per heavy atom. The molecule has 4 heteroatoms. The van der Waals surface area contributed by atoms with Gasteiger partial charge < -0.3 is 9.32 Å². The van der Waals surface area contributed by atoms with E-state index in [0.29, 0.717) is 11.5 Å². The Bertz CT molecular complexity index is 585. The highest BCUT2D eigenvalue weighted by Gasteiger charge is 2.18. The third-order valence-corrected chi connectivity index (χ3v) is 2.72. The Kier molecular flexibility index (Phi) is 3.19. The third-order valence-electron chi connectivity index (χ3n) is 2.72. The largest absolute Gasteiger partial charge is 0.446 e. The van der Waals surface area contributed by atoms with E-state index in [1.54, 1.807) is 32.0 Å². The van der Waals surface area contributed by atoms with Crippen molar-refractivity contribution in [2.45, 2.75) is 13.8 Å². The maximum Gasteiger partial charge on any atom is 0.254 e. The van der Waals surface area contributed by atoms with E-state index in [-0.39, 0.29) is 5.91 Å². The molecule has 0 spiro atoms. The molecule has 0 radical (unpaired) electrons. The van der Waals surface area contributed by atoms with Gasteiger partial charge in [-0.1, -0.05) is 18.2 Å². The predicted molar refractivity (Wildman–Crippen MR) is 69.4 cm³/mol. The first-order valence-corrected chi connectivity index (χ1v) is 5.75. The van der Waals surface area contributed by atoms with Crippen molar-refractivity contribution in [2.24, 2.45) is 0 Å². The Morgan fingerprint density at radius 1 is 1.22 bits per heavy atom. The second-order valence-corrected chi connectivity index (χ2v) is 4.38. The highest BCUT2D eigenvalue weighted by Crippen LogP contribution is 2.27. The van der Waals surface area contributed by atoms with Crippen molar-refractivity contribution in [3.63, 3.8) is 0 Å². The van der Waals surface area contributed by atoms with Crippen molar-refractivity contribution in [1.29, 1.82) is 0 Å².